The molecule has 0 radical (unpaired) electrons. The van der Waals surface area contributed by atoms with Gasteiger partial charge in [-0.1, -0.05) is 65.8 Å². The van der Waals surface area contributed by atoms with Crippen LogP contribution in [0.5, 0.6) is 11.5 Å². The van der Waals surface area contributed by atoms with Gasteiger partial charge in [-0.25, -0.2) is 9.78 Å². The number of aliphatic carboxylic acids is 1. The number of nitrogens with zero attached hydrogens (tertiary/aromatic N) is 1. The lowest BCUT2D eigenvalue weighted by Gasteiger charge is -2.19. The standard InChI is InChI=1S/C25H18ClNO4S2/c26-17-10-8-15(9-11-17)18-5-2-1-4-16(18)14-32-25-27-23-19-6-3-7-20(30-13-22(28)29)24(19)31-12-21(23)33-25/h1-11H,12-14H2,(H,28,29). The van der Waals surface area contributed by atoms with Gasteiger partial charge in [-0.3, -0.25) is 0 Å². The first-order valence-corrected chi connectivity index (χ1v) is 12.3. The zero-order chi connectivity index (χ0) is 22.8. The number of carbonyl (C=O) groups is 1. The summed E-state index contributed by atoms with van der Waals surface area (Å²) in [5.41, 5.74) is 5.22. The van der Waals surface area contributed by atoms with Crippen molar-refractivity contribution in [2.45, 2.75) is 16.7 Å². The number of thioether (sulfide) groups is 1. The predicted octanol–water partition coefficient (Wildman–Crippen LogP) is 6.78. The molecule has 0 amide bonds. The molecular formula is C25H18ClNO4S2. The molecule has 1 aromatic heterocycles. The van der Waals surface area contributed by atoms with Gasteiger partial charge in [0.25, 0.3) is 0 Å². The molecular weight excluding hydrogens is 478 g/mol. The molecule has 0 fully saturated rings. The summed E-state index contributed by atoms with van der Waals surface area (Å²) in [6, 6.07) is 21.7. The lowest BCUT2D eigenvalue weighted by Crippen LogP contribution is -2.11. The topological polar surface area (TPSA) is 68.7 Å². The predicted molar refractivity (Wildman–Crippen MR) is 131 cm³/mol. The Morgan fingerprint density at radius 3 is 2.70 bits per heavy atom. The van der Waals surface area contributed by atoms with E-state index >= 15 is 0 Å². The largest absolute Gasteiger partial charge is 0.483 e. The molecule has 0 unspecified atom stereocenters. The van der Waals surface area contributed by atoms with Crippen LogP contribution < -0.4 is 9.47 Å². The minimum absolute atomic E-state index is 0.384. The fourth-order valence-electron chi connectivity index (χ4n) is 3.64. The third kappa shape index (κ3) is 4.71. The van der Waals surface area contributed by atoms with Crippen LogP contribution >= 0.6 is 34.7 Å². The fraction of sp³-hybridized carbons (Fsp3) is 0.120. The van der Waals surface area contributed by atoms with Crippen LogP contribution in [0.3, 0.4) is 0 Å². The quantitative estimate of drug-likeness (QED) is 0.285. The van der Waals surface area contributed by atoms with Crippen molar-refractivity contribution in [1.29, 1.82) is 0 Å². The lowest BCUT2D eigenvalue weighted by molar-refractivity contribution is -0.139. The molecule has 33 heavy (non-hydrogen) atoms. The van der Waals surface area contributed by atoms with Crippen molar-refractivity contribution in [1.82, 2.24) is 4.98 Å². The highest BCUT2D eigenvalue weighted by Gasteiger charge is 2.25. The van der Waals surface area contributed by atoms with E-state index in [1.807, 2.05) is 48.5 Å². The summed E-state index contributed by atoms with van der Waals surface area (Å²) in [6.45, 7) is -0.0345. The highest BCUT2D eigenvalue weighted by molar-refractivity contribution is 8.00. The maximum absolute atomic E-state index is 10.9. The van der Waals surface area contributed by atoms with E-state index in [9.17, 15) is 4.79 Å². The van der Waals surface area contributed by atoms with Gasteiger partial charge in [-0.05, 0) is 41.0 Å². The molecule has 0 bridgehead atoms. The van der Waals surface area contributed by atoms with E-state index < -0.39 is 12.6 Å². The van der Waals surface area contributed by atoms with Crippen LogP contribution in [0.4, 0.5) is 0 Å². The van der Waals surface area contributed by atoms with E-state index in [1.165, 1.54) is 11.1 Å². The van der Waals surface area contributed by atoms with Gasteiger partial charge >= 0.3 is 5.97 Å². The number of hydrogen-bond acceptors (Lipinski definition) is 6. The van der Waals surface area contributed by atoms with Gasteiger partial charge in [0.05, 0.1) is 10.6 Å². The fourth-order valence-corrected chi connectivity index (χ4v) is 5.88. The minimum Gasteiger partial charge on any atom is -0.483 e. The number of benzene rings is 3. The van der Waals surface area contributed by atoms with Crippen LogP contribution in [0.2, 0.25) is 5.02 Å². The molecule has 0 saturated carbocycles. The summed E-state index contributed by atoms with van der Waals surface area (Å²) in [6.07, 6.45) is 0. The first kappa shape index (κ1) is 21.8. The number of hydrogen-bond donors (Lipinski definition) is 1. The Balaban J connectivity index is 1.37. The maximum Gasteiger partial charge on any atom is 0.341 e. The average molecular weight is 496 g/mol. The number of rotatable bonds is 7. The van der Waals surface area contributed by atoms with E-state index in [0.29, 0.717) is 18.1 Å². The summed E-state index contributed by atoms with van der Waals surface area (Å²) in [7, 11) is 0. The number of para-hydroxylation sites is 1. The van der Waals surface area contributed by atoms with Crippen LogP contribution in [-0.4, -0.2) is 22.7 Å². The number of halogens is 1. The molecule has 1 aliphatic rings. The Labute approximate surface area is 204 Å². The monoisotopic (exact) mass is 495 g/mol. The van der Waals surface area contributed by atoms with Crippen molar-refractivity contribution in [2.75, 3.05) is 6.61 Å². The van der Waals surface area contributed by atoms with Crippen LogP contribution in [0.1, 0.15) is 10.4 Å². The first-order chi connectivity index (χ1) is 16.1. The van der Waals surface area contributed by atoms with Crippen molar-refractivity contribution in [2.24, 2.45) is 0 Å². The van der Waals surface area contributed by atoms with Crippen LogP contribution in [0, 0.1) is 0 Å². The summed E-state index contributed by atoms with van der Waals surface area (Å²) >= 11 is 9.36. The van der Waals surface area contributed by atoms with Crippen molar-refractivity contribution >= 4 is 40.7 Å². The molecule has 0 spiro atoms. The van der Waals surface area contributed by atoms with Crippen molar-refractivity contribution in [3.05, 3.63) is 82.2 Å². The van der Waals surface area contributed by atoms with Crippen LogP contribution in [-0.2, 0) is 17.2 Å². The lowest BCUT2D eigenvalue weighted by atomic mass is 10.0. The Hall–Kier alpha value is -3.00. The van der Waals surface area contributed by atoms with Crippen molar-refractivity contribution < 1.29 is 19.4 Å². The number of carboxylic acids is 1. The highest BCUT2D eigenvalue weighted by Crippen LogP contribution is 2.46. The Morgan fingerprint density at radius 1 is 1.09 bits per heavy atom. The minimum atomic E-state index is -1.03. The third-order valence-electron chi connectivity index (χ3n) is 5.13. The number of carboxylic acid groups (broad SMARTS) is 1. The molecule has 4 aromatic rings. The van der Waals surface area contributed by atoms with Gasteiger partial charge in [-0.15, -0.1) is 11.3 Å². The normalized spacial score (nSPS) is 11.9. The summed E-state index contributed by atoms with van der Waals surface area (Å²) in [4.78, 5) is 16.8. The molecule has 3 aromatic carbocycles. The smallest absolute Gasteiger partial charge is 0.341 e. The Morgan fingerprint density at radius 2 is 1.88 bits per heavy atom. The molecule has 8 heteroatoms. The zero-order valence-corrected chi connectivity index (χ0v) is 19.7. The maximum atomic E-state index is 10.9. The summed E-state index contributed by atoms with van der Waals surface area (Å²) < 4.78 is 12.3. The molecule has 0 atom stereocenters. The Bertz CT molecular complexity index is 1320. The van der Waals surface area contributed by atoms with Gasteiger partial charge in [-0.2, -0.15) is 0 Å². The SMILES string of the molecule is O=C(O)COc1cccc2c1OCc1sc(SCc3ccccc3-c3ccc(Cl)cc3)nc1-2. The molecule has 5 nitrogen and oxygen atoms in total. The third-order valence-corrected chi connectivity index (χ3v) is 7.61. The number of ether oxygens (including phenoxy) is 2. The molecule has 2 heterocycles. The van der Waals surface area contributed by atoms with Crippen molar-refractivity contribution in [3.63, 3.8) is 0 Å². The summed E-state index contributed by atoms with van der Waals surface area (Å²) in [5.74, 6) is 0.705. The molecule has 166 valence electrons. The van der Waals surface area contributed by atoms with E-state index in [2.05, 4.69) is 12.1 Å². The number of thiazole rings is 1. The van der Waals surface area contributed by atoms with E-state index in [0.717, 1.165) is 36.8 Å². The highest BCUT2D eigenvalue weighted by atomic mass is 35.5. The first-order valence-electron chi connectivity index (χ1n) is 10.2. The van der Waals surface area contributed by atoms with Gasteiger partial charge in [0.1, 0.15) is 6.61 Å². The van der Waals surface area contributed by atoms with Gasteiger partial charge < -0.3 is 14.6 Å². The van der Waals surface area contributed by atoms with Gasteiger partial charge in [0.15, 0.2) is 22.4 Å². The second-order valence-electron chi connectivity index (χ2n) is 7.31. The molecule has 0 saturated heterocycles. The second-order valence-corrected chi connectivity index (χ2v) is 10.1. The van der Waals surface area contributed by atoms with E-state index in [1.54, 1.807) is 29.2 Å². The van der Waals surface area contributed by atoms with Gasteiger partial charge in [0.2, 0.25) is 0 Å². The molecule has 1 aliphatic heterocycles. The molecule has 1 N–H and O–H groups in total. The van der Waals surface area contributed by atoms with Crippen LogP contribution in [0.25, 0.3) is 22.4 Å². The second kappa shape index (κ2) is 9.47. The van der Waals surface area contributed by atoms with Crippen LogP contribution in [0.15, 0.2) is 71.1 Å². The van der Waals surface area contributed by atoms with Gasteiger partial charge in [0, 0.05) is 16.3 Å². The zero-order valence-electron chi connectivity index (χ0n) is 17.3. The van der Waals surface area contributed by atoms with E-state index in [4.69, 9.17) is 31.2 Å². The average Bonchev–Trinajstić information content (AvgIpc) is 3.26. The molecule has 5 rings (SSSR count). The Kier molecular flexibility index (Phi) is 6.26. The summed E-state index contributed by atoms with van der Waals surface area (Å²) in [5, 5.41) is 9.63. The van der Waals surface area contributed by atoms with E-state index in [-0.39, 0.29) is 0 Å². The number of fused-ring (bicyclic) bond motifs is 3. The molecule has 0 aliphatic carbocycles. The number of aromatic nitrogens is 1. The van der Waals surface area contributed by atoms with Crippen molar-refractivity contribution in [3.8, 4) is 33.9 Å².